The van der Waals surface area contributed by atoms with Crippen LogP contribution in [0.5, 0.6) is 0 Å². The van der Waals surface area contributed by atoms with Crippen LogP contribution >= 0.6 is 0 Å². The zero-order valence-corrected chi connectivity index (χ0v) is 58.8. The van der Waals surface area contributed by atoms with E-state index < -0.39 is 47.3 Å². The Hall–Kier alpha value is -9.20. The standard InChI is InChI=1S/C80H94N12O8/c1-5-9-13-17-21-25-29-33-37-89-73(93)57-41-49-50(42-58(57)74(89)94)66-81-65(49)85-67-51-43-59-61(77(97)90(75(59)95)38-34-30-26-22-18-14-10-6-2)45-53(51)69(82-67)87-71-55-47-63-64(80(100)92(79(63)99)40-36-32-28-24-20-16-12-8-4)48-56(55)72(84-71)88-70-54-46-62-60(44-52(54)68(83-70)86-66)76(96)91(78(62)98)39-35-31-27-23-19-15-11-7-3/h41-48H,5-40H2,1-4H3,(H2,81,82,83,84,85,86,87,88). The predicted molar refractivity (Wildman–Crippen MR) is 388 cm³/mol. The first-order chi connectivity index (χ1) is 48.8. The highest BCUT2D eigenvalue weighted by atomic mass is 16.2. The maximum atomic E-state index is 14.5. The summed E-state index contributed by atoms with van der Waals surface area (Å²) in [6.45, 7) is 9.80. The van der Waals surface area contributed by atoms with Gasteiger partial charge in [0.05, 0.1) is 44.5 Å². The number of carbonyl (C=O) groups is 8. The lowest BCUT2D eigenvalue weighted by Crippen LogP contribution is -2.30. The van der Waals surface area contributed by atoms with E-state index in [0.29, 0.717) is 69.5 Å². The second-order valence-corrected chi connectivity index (χ2v) is 28.3. The molecule has 0 saturated heterocycles. The van der Waals surface area contributed by atoms with E-state index in [-0.39, 0.29) is 117 Å². The fourth-order valence-corrected chi connectivity index (χ4v) is 15.3. The lowest BCUT2D eigenvalue weighted by molar-refractivity contribution is 0.0636. The molecule has 0 spiro atoms. The Labute approximate surface area is 584 Å². The van der Waals surface area contributed by atoms with Crippen LogP contribution in [0.15, 0.2) is 48.5 Å². The molecule has 0 fully saturated rings. The summed E-state index contributed by atoms with van der Waals surface area (Å²) in [4.78, 5) is 159. The van der Waals surface area contributed by atoms with Crippen molar-refractivity contribution in [2.24, 2.45) is 0 Å². The molecule has 3 aromatic heterocycles. The van der Waals surface area contributed by atoms with E-state index >= 15 is 0 Å². The number of unbranched alkanes of at least 4 members (excludes halogenated alkanes) is 28. The van der Waals surface area contributed by atoms with Crippen LogP contribution in [-0.4, -0.2) is 133 Å². The van der Waals surface area contributed by atoms with Crippen molar-refractivity contribution in [2.75, 3.05) is 26.2 Å². The van der Waals surface area contributed by atoms with Gasteiger partial charge >= 0.3 is 0 Å². The molecule has 7 aromatic rings. The van der Waals surface area contributed by atoms with Crippen molar-refractivity contribution in [2.45, 2.75) is 233 Å². The Kier molecular flexibility index (Phi) is 21.6. The van der Waals surface area contributed by atoms with Gasteiger partial charge in [-0.2, -0.15) is 0 Å². The van der Waals surface area contributed by atoms with E-state index in [0.717, 1.165) is 128 Å². The van der Waals surface area contributed by atoms with Crippen LogP contribution in [0, 0.1) is 0 Å². The van der Waals surface area contributed by atoms with E-state index in [1.54, 1.807) is 48.5 Å². The van der Waals surface area contributed by atoms with Gasteiger partial charge in [0.1, 0.15) is 22.6 Å². The van der Waals surface area contributed by atoms with E-state index in [1.165, 1.54) is 71.0 Å². The number of rotatable bonds is 36. The predicted octanol–water partition coefficient (Wildman–Crippen LogP) is 17.8. The van der Waals surface area contributed by atoms with E-state index in [9.17, 15) is 38.4 Å². The Morgan fingerprint density at radius 3 is 0.580 bits per heavy atom. The summed E-state index contributed by atoms with van der Waals surface area (Å²) >= 11 is 0. The Bertz CT molecular complexity index is 4060. The van der Waals surface area contributed by atoms with Crippen molar-refractivity contribution < 1.29 is 38.4 Å². The first-order valence-electron chi connectivity index (χ1n) is 37.8. The van der Waals surface area contributed by atoms with Gasteiger partial charge in [0.15, 0.2) is 23.3 Å². The topological polar surface area (TPSA) is 258 Å². The summed E-state index contributed by atoms with van der Waals surface area (Å²) in [5, 5.41) is 1.66. The molecule has 6 aliphatic rings. The number of hydrogen-bond donors (Lipinski definition) is 2. The highest BCUT2D eigenvalue weighted by molar-refractivity contribution is 6.27. The number of nitrogens with zero attached hydrogens (tertiary/aromatic N) is 10. The molecule has 20 nitrogen and oxygen atoms in total. The van der Waals surface area contributed by atoms with Gasteiger partial charge < -0.3 is 9.97 Å². The van der Waals surface area contributed by atoms with Crippen molar-refractivity contribution in [3.8, 4) is 45.6 Å². The number of H-pyrrole nitrogens is 2. The van der Waals surface area contributed by atoms with Gasteiger partial charge in [0.2, 0.25) is 0 Å². The minimum atomic E-state index is -0.428. The third-order valence-corrected chi connectivity index (χ3v) is 21.1. The summed E-state index contributed by atoms with van der Waals surface area (Å²) in [5.41, 5.74) is 3.89. The van der Waals surface area contributed by atoms with Crippen LogP contribution in [-0.2, 0) is 0 Å². The molecule has 8 bridgehead atoms. The second kappa shape index (κ2) is 31.1. The van der Waals surface area contributed by atoms with Crippen LogP contribution in [0.2, 0.25) is 0 Å². The fraction of sp³-hybridized carbons (Fsp3) is 0.500. The lowest BCUT2D eigenvalue weighted by atomic mass is 10.00. The largest absolute Gasteiger partial charge is 0.324 e. The summed E-state index contributed by atoms with van der Waals surface area (Å²) in [6, 6.07) is 13.2. The van der Waals surface area contributed by atoms with Crippen molar-refractivity contribution >= 4 is 91.4 Å². The van der Waals surface area contributed by atoms with Gasteiger partial charge in [0.25, 0.3) is 47.3 Å². The Morgan fingerprint density at radius 1 is 0.220 bits per heavy atom. The van der Waals surface area contributed by atoms with E-state index in [1.807, 2.05) is 0 Å². The average Bonchev–Trinajstić information content (AvgIpc) is 1.59. The molecule has 0 saturated carbocycles. The monoisotopic (exact) mass is 1350 g/mol. The summed E-state index contributed by atoms with van der Waals surface area (Å²) in [5.74, 6) is -2.99. The summed E-state index contributed by atoms with van der Waals surface area (Å²) in [7, 11) is 0. The molecule has 100 heavy (non-hydrogen) atoms. The smallest absolute Gasteiger partial charge is 0.261 e. The number of carbonyl (C=O) groups excluding carboxylic acids is 8. The third-order valence-electron chi connectivity index (χ3n) is 21.1. The zero-order chi connectivity index (χ0) is 69.6. The highest BCUT2D eigenvalue weighted by Gasteiger charge is 2.42. The molecule has 522 valence electrons. The molecule has 8 amide bonds. The molecule has 2 N–H and O–H groups in total. The molecule has 6 aliphatic heterocycles. The lowest BCUT2D eigenvalue weighted by Gasteiger charge is -2.13. The number of hydrogen-bond acceptors (Lipinski definition) is 14. The SMILES string of the molecule is CCCCCCCCCCN1C(=O)c2cc3c(cc2C1=O)-c1nc-3nc2[nH]c(nc3nc(nc4[nH]c(n1)c1cc5c(cc41)C(=O)N(CCCCCCCCCC)C5=O)-c1cc4c(cc1-3)C(=O)N(CCCCCCCCCC)C4=O)c1cc3c(cc21)C(=O)N(CCCCCCCCCC)C3=O. The minimum absolute atomic E-state index is 0.104. The molecule has 0 unspecified atom stereocenters. The Balaban J connectivity index is 0.959. The van der Waals surface area contributed by atoms with Crippen LogP contribution in [0.25, 0.3) is 89.7 Å². The van der Waals surface area contributed by atoms with Gasteiger partial charge in [-0.05, 0) is 74.2 Å². The fourth-order valence-electron chi connectivity index (χ4n) is 15.3. The molecule has 0 radical (unpaired) electrons. The minimum Gasteiger partial charge on any atom is -0.324 e. The number of amides is 8. The van der Waals surface area contributed by atoms with Crippen molar-refractivity contribution in [3.63, 3.8) is 0 Å². The van der Waals surface area contributed by atoms with Gasteiger partial charge in [-0.1, -0.05) is 207 Å². The van der Waals surface area contributed by atoms with Crippen molar-refractivity contribution in [1.82, 2.24) is 59.5 Å². The average molecular weight is 1350 g/mol. The second-order valence-electron chi connectivity index (χ2n) is 28.3. The number of aromatic nitrogens is 8. The molecule has 0 atom stereocenters. The molecular weight excluding hydrogens is 1260 g/mol. The van der Waals surface area contributed by atoms with Crippen LogP contribution in [0.1, 0.15) is 316 Å². The first kappa shape index (κ1) is 69.3. The molecule has 0 aliphatic carbocycles. The summed E-state index contributed by atoms with van der Waals surface area (Å²) in [6.07, 6.45) is 33.4. The highest BCUT2D eigenvalue weighted by Crippen LogP contribution is 2.43. The quantitative estimate of drug-likeness (QED) is 0.0273. The number of fused-ring (bicyclic) bond motifs is 24. The van der Waals surface area contributed by atoms with Gasteiger partial charge in [-0.25, -0.2) is 29.9 Å². The van der Waals surface area contributed by atoms with E-state index in [4.69, 9.17) is 29.9 Å². The van der Waals surface area contributed by atoms with Crippen LogP contribution in [0.3, 0.4) is 0 Å². The van der Waals surface area contributed by atoms with Gasteiger partial charge in [-0.15, -0.1) is 0 Å². The van der Waals surface area contributed by atoms with Crippen molar-refractivity contribution in [1.29, 1.82) is 0 Å². The van der Waals surface area contributed by atoms with Crippen molar-refractivity contribution in [3.05, 3.63) is 93.0 Å². The Morgan fingerprint density at radius 2 is 0.390 bits per heavy atom. The van der Waals surface area contributed by atoms with Crippen LogP contribution < -0.4 is 0 Å². The zero-order valence-electron chi connectivity index (χ0n) is 58.8. The summed E-state index contributed by atoms with van der Waals surface area (Å²) < 4.78 is 0. The number of benzene rings is 4. The molecule has 20 heteroatoms. The number of imide groups is 4. The van der Waals surface area contributed by atoms with Crippen LogP contribution in [0.4, 0.5) is 0 Å². The molecule has 4 aromatic carbocycles. The first-order valence-corrected chi connectivity index (χ1v) is 37.8. The maximum Gasteiger partial charge on any atom is 0.261 e. The number of nitrogens with one attached hydrogen (secondary N) is 2. The third kappa shape index (κ3) is 13.8. The molecular formula is C80H94N12O8. The maximum absolute atomic E-state index is 14.5. The normalized spacial score (nSPS) is 14.5. The molecule has 9 heterocycles. The molecule has 13 rings (SSSR count). The van der Waals surface area contributed by atoms with Gasteiger partial charge in [0, 0.05) is 70.0 Å². The van der Waals surface area contributed by atoms with Gasteiger partial charge in [-0.3, -0.25) is 58.0 Å². The number of aromatic amines is 2. The van der Waals surface area contributed by atoms with E-state index in [2.05, 4.69) is 37.7 Å².